The molecule has 0 saturated carbocycles. The van der Waals surface area contributed by atoms with Crippen molar-refractivity contribution < 1.29 is 46.7 Å². The van der Waals surface area contributed by atoms with E-state index in [1.807, 2.05) is 68.4 Å². The third-order valence-electron chi connectivity index (χ3n) is 9.76. The van der Waals surface area contributed by atoms with Crippen LogP contribution < -0.4 is 19.5 Å². The van der Waals surface area contributed by atoms with E-state index < -0.39 is 46.1 Å². The molecule has 3 aliphatic rings. The molecule has 284 valence electrons. The smallest absolute Gasteiger partial charge is 0.407 e. The Morgan fingerprint density at radius 1 is 1.06 bits per heavy atom. The lowest BCUT2D eigenvalue weighted by Crippen LogP contribution is -2.52. The molecular formula is C39H47N3O10S. The number of aliphatic hydroxyl groups is 1. The number of nitrogens with zero attached hydrogens (tertiary/aromatic N) is 2. The Balaban J connectivity index is 1.22. The van der Waals surface area contributed by atoms with Gasteiger partial charge in [-0.1, -0.05) is 56.3 Å². The Bertz CT molecular complexity index is 1830. The summed E-state index contributed by atoms with van der Waals surface area (Å²) in [6.07, 6.45) is -0.682. The van der Waals surface area contributed by atoms with Crippen molar-refractivity contribution in [2.75, 3.05) is 33.1 Å². The molecule has 5 atom stereocenters. The molecule has 6 rings (SSSR count). The molecule has 3 aliphatic heterocycles. The summed E-state index contributed by atoms with van der Waals surface area (Å²) in [7, 11) is -4.20. The predicted octanol–water partition coefficient (Wildman–Crippen LogP) is 5.16. The Hall–Kier alpha value is -4.39. The molecule has 0 radical (unpaired) electrons. The van der Waals surface area contributed by atoms with Gasteiger partial charge in [-0.3, -0.25) is 0 Å². The molecule has 0 aromatic heterocycles. The number of carbonyl (C=O) groups is 1. The lowest BCUT2D eigenvalue weighted by Gasteiger charge is -2.35. The van der Waals surface area contributed by atoms with Crippen molar-refractivity contribution in [1.82, 2.24) is 9.62 Å². The summed E-state index contributed by atoms with van der Waals surface area (Å²) in [5.74, 6) is 1.31. The van der Waals surface area contributed by atoms with E-state index in [1.165, 1.54) is 16.4 Å². The van der Waals surface area contributed by atoms with Crippen LogP contribution >= 0.6 is 0 Å². The van der Waals surface area contributed by atoms with Gasteiger partial charge in [0.15, 0.2) is 17.8 Å². The highest BCUT2D eigenvalue weighted by Crippen LogP contribution is 2.36. The van der Waals surface area contributed by atoms with Gasteiger partial charge in [0.25, 0.3) is 0 Å². The fraction of sp³-hybridized carbons (Fsp3) is 0.487. The van der Waals surface area contributed by atoms with Gasteiger partial charge in [-0.15, -0.1) is 0 Å². The van der Waals surface area contributed by atoms with Crippen LogP contribution in [0.4, 0.5) is 4.79 Å². The summed E-state index contributed by atoms with van der Waals surface area (Å²) in [4.78, 5) is 13.4. The van der Waals surface area contributed by atoms with Crippen LogP contribution in [0.15, 0.2) is 77.7 Å². The molecule has 2 fully saturated rings. The van der Waals surface area contributed by atoms with Crippen LogP contribution in [0.1, 0.15) is 50.7 Å². The molecule has 13 nitrogen and oxygen atoms in total. The third-order valence-corrected chi connectivity index (χ3v) is 11.6. The average molecular weight is 750 g/mol. The summed E-state index contributed by atoms with van der Waals surface area (Å²) in [6, 6.07) is 22.7. The molecule has 0 aliphatic carbocycles. The van der Waals surface area contributed by atoms with Gasteiger partial charge in [0, 0.05) is 25.6 Å². The summed E-state index contributed by atoms with van der Waals surface area (Å²) in [6.45, 7) is 4.65. The highest BCUT2D eigenvalue weighted by molar-refractivity contribution is 7.89. The van der Waals surface area contributed by atoms with E-state index >= 15 is 0 Å². The second kappa shape index (κ2) is 17.2. The molecule has 2 saturated heterocycles. The first-order valence-electron chi connectivity index (χ1n) is 17.9. The zero-order valence-corrected chi connectivity index (χ0v) is 30.8. The Labute approximate surface area is 310 Å². The number of ether oxygens (including phenoxy) is 6. The first kappa shape index (κ1) is 38.3. The van der Waals surface area contributed by atoms with Gasteiger partial charge in [-0.05, 0) is 66.5 Å². The molecule has 0 spiro atoms. The van der Waals surface area contributed by atoms with Crippen molar-refractivity contribution in [3.05, 3.63) is 83.9 Å². The largest absolute Gasteiger partial charge is 0.489 e. The fourth-order valence-corrected chi connectivity index (χ4v) is 8.51. The topological polar surface area (TPSA) is 166 Å². The molecule has 3 aromatic carbocycles. The second-order valence-electron chi connectivity index (χ2n) is 14.4. The van der Waals surface area contributed by atoms with Crippen molar-refractivity contribution in [1.29, 1.82) is 5.26 Å². The SMILES string of the molecule is CC(C)(CCCC#N)CN(CC(O)C(Cc1ccc(OCc2ccccc2)cc1)NC(=O)OC1COC2OCCC12)S(=O)(=O)c1ccc2c(c1)OCO2. The van der Waals surface area contributed by atoms with Crippen molar-refractivity contribution in [3.8, 4) is 23.3 Å². The maximum Gasteiger partial charge on any atom is 0.407 e. The molecule has 1 amide bonds. The van der Waals surface area contributed by atoms with Gasteiger partial charge in [0.2, 0.25) is 16.8 Å². The van der Waals surface area contributed by atoms with E-state index in [2.05, 4.69) is 11.4 Å². The van der Waals surface area contributed by atoms with Crippen molar-refractivity contribution in [2.24, 2.45) is 11.3 Å². The minimum absolute atomic E-state index is 0.0157. The Morgan fingerprint density at radius 3 is 2.60 bits per heavy atom. The molecule has 53 heavy (non-hydrogen) atoms. The molecule has 5 unspecified atom stereocenters. The molecule has 2 N–H and O–H groups in total. The number of carbonyl (C=O) groups excluding carboxylic acids is 1. The number of rotatable bonds is 17. The molecular weight excluding hydrogens is 703 g/mol. The average Bonchev–Trinajstić information content (AvgIpc) is 3.90. The van der Waals surface area contributed by atoms with Crippen LogP contribution in [0.2, 0.25) is 0 Å². The minimum atomic E-state index is -4.20. The quantitative estimate of drug-likeness (QED) is 0.175. The number of fused-ring (bicyclic) bond motifs is 2. The fourth-order valence-electron chi connectivity index (χ4n) is 6.84. The standard InChI is InChI=1S/C39H47N3O10S/c1-39(2,17-6-7-18-40)25-42(53(45,46)30-14-15-34-35(21-30)51-26-50-34)22-33(43)32(41-38(44)52-36-24-49-37-31(36)16-19-47-37)20-27-10-12-29(13-11-27)48-23-28-8-4-3-5-9-28/h3-5,8-15,21,31-33,36-37,43H,6-7,16-17,19-20,22-26H2,1-2H3,(H,41,44). The number of aliphatic hydroxyl groups excluding tert-OH is 1. The van der Waals surface area contributed by atoms with E-state index in [0.717, 1.165) is 11.1 Å². The van der Waals surface area contributed by atoms with Crippen LogP contribution in [-0.4, -0.2) is 81.6 Å². The number of nitriles is 1. The van der Waals surface area contributed by atoms with Crippen molar-refractivity contribution in [2.45, 2.75) is 82.0 Å². The van der Waals surface area contributed by atoms with Crippen molar-refractivity contribution >= 4 is 16.1 Å². The van der Waals surface area contributed by atoms with E-state index in [-0.39, 0.29) is 43.7 Å². The van der Waals surface area contributed by atoms with E-state index in [0.29, 0.717) is 56.1 Å². The van der Waals surface area contributed by atoms with Crippen LogP contribution in [0.25, 0.3) is 0 Å². The minimum Gasteiger partial charge on any atom is -0.489 e. The highest BCUT2D eigenvalue weighted by Gasteiger charge is 2.44. The number of hydrogen-bond donors (Lipinski definition) is 2. The molecule has 3 heterocycles. The zero-order valence-electron chi connectivity index (χ0n) is 30.0. The van der Waals surface area contributed by atoms with Gasteiger partial charge in [0.05, 0.1) is 42.2 Å². The van der Waals surface area contributed by atoms with E-state index in [9.17, 15) is 18.3 Å². The lowest BCUT2D eigenvalue weighted by molar-refractivity contribution is -0.0907. The molecule has 3 aromatic rings. The van der Waals surface area contributed by atoms with E-state index in [4.69, 9.17) is 33.7 Å². The van der Waals surface area contributed by atoms with Gasteiger partial charge >= 0.3 is 6.09 Å². The number of benzene rings is 3. The number of sulfonamides is 1. The lowest BCUT2D eigenvalue weighted by atomic mass is 9.87. The summed E-state index contributed by atoms with van der Waals surface area (Å²) >= 11 is 0. The van der Waals surface area contributed by atoms with Gasteiger partial charge in [0.1, 0.15) is 18.5 Å². The summed E-state index contributed by atoms with van der Waals surface area (Å²) < 4.78 is 63.7. The normalized spacial score (nSPS) is 20.4. The van der Waals surface area contributed by atoms with Crippen LogP contribution in [0, 0.1) is 22.7 Å². The Morgan fingerprint density at radius 2 is 1.83 bits per heavy atom. The Kier molecular flexibility index (Phi) is 12.4. The predicted molar refractivity (Wildman–Crippen MR) is 192 cm³/mol. The van der Waals surface area contributed by atoms with Gasteiger partial charge in [-0.2, -0.15) is 9.57 Å². The number of nitrogens with one attached hydrogen (secondary N) is 1. The first-order chi connectivity index (χ1) is 25.5. The van der Waals surface area contributed by atoms with Crippen LogP contribution in [-0.2, 0) is 37.3 Å². The third kappa shape index (κ3) is 9.98. The first-order valence-corrected chi connectivity index (χ1v) is 19.4. The number of alkyl carbamates (subject to hydrolysis) is 1. The van der Waals surface area contributed by atoms with Gasteiger partial charge in [-0.25, -0.2) is 13.2 Å². The second-order valence-corrected chi connectivity index (χ2v) is 16.3. The maximum absolute atomic E-state index is 14.3. The number of amides is 1. The number of unbranched alkanes of at least 4 members (excludes halogenated alkanes) is 1. The molecule has 0 bridgehead atoms. The maximum atomic E-state index is 14.3. The summed E-state index contributed by atoms with van der Waals surface area (Å²) in [5.41, 5.74) is 1.25. The monoisotopic (exact) mass is 749 g/mol. The van der Waals surface area contributed by atoms with Crippen LogP contribution in [0.3, 0.4) is 0 Å². The van der Waals surface area contributed by atoms with Crippen LogP contribution in [0.5, 0.6) is 17.2 Å². The van der Waals surface area contributed by atoms with Gasteiger partial charge < -0.3 is 38.8 Å². The van der Waals surface area contributed by atoms with E-state index in [1.54, 1.807) is 6.07 Å². The highest BCUT2D eigenvalue weighted by atomic mass is 32.2. The van der Waals surface area contributed by atoms with Crippen molar-refractivity contribution in [3.63, 3.8) is 0 Å². The summed E-state index contributed by atoms with van der Waals surface area (Å²) in [5, 5.41) is 23.9. The number of hydrogen-bond acceptors (Lipinski definition) is 11. The molecule has 14 heteroatoms. The zero-order chi connectivity index (χ0) is 37.4.